The zero-order valence-electron chi connectivity index (χ0n) is 10.9. The van der Waals surface area contributed by atoms with Crippen LogP contribution in [0.5, 0.6) is 0 Å². The van der Waals surface area contributed by atoms with E-state index in [1.807, 2.05) is 11.8 Å². The van der Waals surface area contributed by atoms with E-state index in [0.29, 0.717) is 0 Å². The van der Waals surface area contributed by atoms with Gasteiger partial charge < -0.3 is 10.6 Å². The van der Waals surface area contributed by atoms with E-state index in [2.05, 4.69) is 16.8 Å². The average Bonchev–Trinajstić information content (AvgIpc) is 2.39. The Morgan fingerprint density at radius 3 is 2.53 bits per heavy atom. The van der Waals surface area contributed by atoms with Gasteiger partial charge in [-0.2, -0.15) is 11.8 Å². The molecule has 0 atom stereocenters. The minimum Gasteiger partial charge on any atom is -0.370 e. The van der Waals surface area contributed by atoms with Gasteiger partial charge in [0.2, 0.25) is 0 Å². The Kier molecular flexibility index (Phi) is 5.01. The second-order valence-corrected chi connectivity index (χ2v) is 6.65. The van der Waals surface area contributed by atoms with Gasteiger partial charge >= 0.3 is 0 Å². The van der Waals surface area contributed by atoms with Gasteiger partial charge in [-0.3, -0.25) is 4.99 Å². The first-order valence-electron chi connectivity index (χ1n) is 6.88. The standard InChI is InChI=1S/C13H25N3S/c1-11-2-4-12(5-3-11)10-15-13(14)16-6-8-17-9-7-16/h11-12H,2-10H2,1H3,(H2,14,15). The van der Waals surface area contributed by atoms with Crippen LogP contribution in [0.25, 0.3) is 0 Å². The van der Waals surface area contributed by atoms with Gasteiger partial charge in [0.25, 0.3) is 0 Å². The Morgan fingerprint density at radius 2 is 1.88 bits per heavy atom. The fourth-order valence-corrected chi connectivity index (χ4v) is 3.53. The highest BCUT2D eigenvalue weighted by atomic mass is 32.2. The molecule has 4 heteroatoms. The van der Waals surface area contributed by atoms with E-state index in [1.54, 1.807) is 0 Å². The molecule has 2 aliphatic rings. The molecule has 1 aliphatic carbocycles. The molecule has 1 saturated carbocycles. The molecule has 0 spiro atoms. The molecule has 0 amide bonds. The number of nitrogens with zero attached hydrogens (tertiary/aromatic N) is 2. The first kappa shape index (κ1) is 13.1. The molecule has 1 saturated heterocycles. The van der Waals surface area contributed by atoms with E-state index in [1.165, 1.54) is 37.2 Å². The maximum Gasteiger partial charge on any atom is 0.191 e. The lowest BCUT2D eigenvalue weighted by molar-refractivity contribution is 0.295. The predicted molar refractivity (Wildman–Crippen MR) is 76.5 cm³/mol. The third-order valence-corrected chi connectivity index (χ3v) is 4.92. The molecular formula is C13H25N3S. The van der Waals surface area contributed by atoms with Gasteiger partial charge in [-0.25, -0.2) is 0 Å². The molecular weight excluding hydrogens is 230 g/mol. The van der Waals surface area contributed by atoms with Crippen LogP contribution >= 0.6 is 11.8 Å². The van der Waals surface area contributed by atoms with E-state index in [0.717, 1.165) is 37.4 Å². The van der Waals surface area contributed by atoms with Crippen molar-refractivity contribution >= 4 is 17.7 Å². The van der Waals surface area contributed by atoms with Crippen LogP contribution in [-0.2, 0) is 0 Å². The lowest BCUT2D eigenvalue weighted by Gasteiger charge is -2.28. The van der Waals surface area contributed by atoms with Gasteiger partial charge in [0.1, 0.15) is 0 Å². The lowest BCUT2D eigenvalue weighted by atomic mass is 9.83. The summed E-state index contributed by atoms with van der Waals surface area (Å²) >= 11 is 2.01. The molecule has 98 valence electrons. The van der Waals surface area contributed by atoms with Crippen LogP contribution in [0.4, 0.5) is 0 Å². The number of hydrogen-bond acceptors (Lipinski definition) is 2. The topological polar surface area (TPSA) is 41.6 Å². The molecule has 1 aliphatic heterocycles. The number of hydrogen-bond donors (Lipinski definition) is 1. The molecule has 0 radical (unpaired) electrons. The molecule has 1 heterocycles. The van der Waals surface area contributed by atoms with Crippen molar-refractivity contribution in [2.24, 2.45) is 22.6 Å². The molecule has 17 heavy (non-hydrogen) atoms. The second kappa shape index (κ2) is 6.53. The van der Waals surface area contributed by atoms with Crippen LogP contribution in [-0.4, -0.2) is 42.0 Å². The summed E-state index contributed by atoms with van der Waals surface area (Å²) in [7, 11) is 0. The third-order valence-electron chi connectivity index (χ3n) is 3.98. The summed E-state index contributed by atoms with van der Waals surface area (Å²) in [5.41, 5.74) is 6.06. The highest BCUT2D eigenvalue weighted by Gasteiger charge is 2.18. The van der Waals surface area contributed by atoms with Crippen molar-refractivity contribution < 1.29 is 0 Å². The fourth-order valence-electron chi connectivity index (χ4n) is 2.63. The van der Waals surface area contributed by atoms with E-state index >= 15 is 0 Å². The minimum absolute atomic E-state index is 0.781. The highest BCUT2D eigenvalue weighted by molar-refractivity contribution is 7.99. The second-order valence-electron chi connectivity index (χ2n) is 5.42. The lowest BCUT2D eigenvalue weighted by Crippen LogP contribution is -2.43. The molecule has 3 nitrogen and oxygen atoms in total. The molecule has 0 aromatic carbocycles. The Balaban J connectivity index is 1.75. The summed E-state index contributed by atoms with van der Waals surface area (Å²) in [6, 6.07) is 0. The predicted octanol–water partition coefficient (Wildman–Crippen LogP) is 2.18. The Bertz CT molecular complexity index is 253. The van der Waals surface area contributed by atoms with Gasteiger partial charge in [-0.05, 0) is 24.7 Å². The van der Waals surface area contributed by atoms with Gasteiger partial charge in [0, 0.05) is 31.1 Å². The maximum atomic E-state index is 6.06. The number of rotatable bonds is 2. The molecule has 2 fully saturated rings. The van der Waals surface area contributed by atoms with E-state index in [-0.39, 0.29) is 0 Å². The van der Waals surface area contributed by atoms with Crippen LogP contribution in [0, 0.1) is 11.8 Å². The zero-order valence-corrected chi connectivity index (χ0v) is 11.7. The summed E-state index contributed by atoms with van der Waals surface area (Å²) in [4.78, 5) is 6.85. The molecule has 0 bridgehead atoms. The number of nitrogens with two attached hydrogens (primary N) is 1. The molecule has 0 aromatic rings. The van der Waals surface area contributed by atoms with Crippen molar-refractivity contribution in [2.75, 3.05) is 31.1 Å². The van der Waals surface area contributed by atoms with Crippen molar-refractivity contribution in [3.05, 3.63) is 0 Å². The van der Waals surface area contributed by atoms with E-state index < -0.39 is 0 Å². The van der Waals surface area contributed by atoms with E-state index in [4.69, 9.17) is 5.73 Å². The maximum absolute atomic E-state index is 6.06. The monoisotopic (exact) mass is 255 g/mol. The molecule has 2 rings (SSSR count). The van der Waals surface area contributed by atoms with Crippen LogP contribution in [0.1, 0.15) is 32.6 Å². The van der Waals surface area contributed by atoms with Crippen LogP contribution in [0.2, 0.25) is 0 Å². The Labute approximate surface area is 109 Å². The number of thioether (sulfide) groups is 1. The summed E-state index contributed by atoms with van der Waals surface area (Å²) in [5.74, 6) is 4.87. The first-order valence-corrected chi connectivity index (χ1v) is 8.04. The van der Waals surface area contributed by atoms with Crippen LogP contribution in [0.3, 0.4) is 0 Å². The van der Waals surface area contributed by atoms with Crippen molar-refractivity contribution in [3.8, 4) is 0 Å². The Morgan fingerprint density at radius 1 is 1.24 bits per heavy atom. The summed E-state index contributed by atoms with van der Waals surface area (Å²) in [5, 5.41) is 0. The molecule has 0 unspecified atom stereocenters. The first-order chi connectivity index (χ1) is 8.25. The number of guanidine groups is 1. The van der Waals surface area contributed by atoms with Crippen LogP contribution in [0.15, 0.2) is 4.99 Å². The smallest absolute Gasteiger partial charge is 0.191 e. The van der Waals surface area contributed by atoms with Crippen LogP contribution < -0.4 is 5.73 Å². The summed E-state index contributed by atoms with van der Waals surface area (Å²) < 4.78 is 0. The molecule has 0 aromatic heterocycles. The third kappa shape index (κ3) is 4.09. The van der Waals surface area contributed by atoms with Crippen molar-refractivity contribution in [1.29, 1.82) is 0 Å². The van der Waals surface area contributed by atoms with Gasteiger partial charge in [-0.15, -0.1) is 0 Å². The fraction of sp³-hybridized carbons (Fsp3) is 0.923. The Hall–Kier alpha value is -0.380. The summed E-state index contributed by atoms with van der Waals surface area (Å²) in [6.45, 7) is 5.45. The largest absolute Gasteiger partial charge is 0.370 e. The average molecular weight is 255 g/mol. The summed E-state index contributed by atoms with van der Waals surface area (Å²) in [6.07, 6.45) is 5.43. The van der Waals surface area contributed by atoms with Gasteiger partial charge in [0.15, 0.2) is 5.96 Å². The quantitative estimate of drug-likeness (QED) is 0.607. The zero-order chi connectivity index (χ0) is 12.1. The van der Waals surface area contributed by atoms with Gasteiger partial charge in [-0.1, -0.05) is 19.8 Å². The van der Waals surface area contributed by atoms with Crippen molar-refractivity contribution in [1.82, 2.24) is 4.90 Å². The van der Waals surface area contributed by atoms with Gasteiger partial charge in [0.05, 0.1) is 0 Å². The SMILES string of the molecule is CC1CCC(CN=C(N)N2CCSCC2)CC1. The molecule has 2 N–H and O–H groups in total. The normalized spacial score (nSPS) is 31.6. The van der Waals surface area contributed by atoms with Crippen molar-refractivity contribution in [3.63, 3.8) is 0 Å². The highest BCUT2D eigenvalue weighted by Crippen LogP contribution is 2.28. The van der Waals surface area contributed by atoms with E-state index in [9.17, 15) is 0 Å². The number of aliphatic imine (C=N–C) groups is 1. The minimum atomic E-state index is 0.781. The van der Waals surface area contributed by atoms with Crippen molar-refractivity contribution in [2.45, 2.75) is 32.6 Å².